The molecule has 1 aliphatic heterocycles. The highest BCUT2D eigenvalue weighted by Crippen LogP contribution is 2.13. The second-order valence-corrected chi connectivity index (χ2v) is 5.83. The molecule has 1 aliphatic rings. The Morgan fingerprint density at radius 2 is 2.06 bits per heavy atom. The molecule has 0 aromatic rings. The molecule has 1 unspecified atom stereocenters. The van der Waals surface area contributed by atoms with E-state index in [0.29, 0.717) is 6.54 Å². The van der Waals surface area contributed by atoms with Gasteiger partial charge in [0, 0.05) is 25.6 Å². The number of nitrogens with zero attached hydrogens (tertiary/aromatic N) is 1. The van der Waals surface area contributed by atoms with E-state index in [-0.39, 0.29) is 30.0 Å². The van der Waals surface area contributed by atoms with Crippen LogP contribution in [0.2, 0.25) is 0 Å². The molecule has 1 saturated heterocycles. The Morgan fingerprint density at radius 1 is 1.39 bits per heavy atom. The first-order chi connectivity index (χ1) is 8.28. The fourth-order valence-electron chi connectivity index (χ4n) is 1.97. The zero-order valence-corrected chi connectivity index (χ0v) is 11.8. The minimum Gasteiger partial charge on any atom is -0.376 e. The number of hydrogen-bond acceptors (Lipinski definition) is 3. The average molecular weight is 256 g/mol. The van der Waals surface area contributed by atoms with Gasteiger partial charge in [0.2, 0.25) is 11.8 Å². The van der Waals surface area contributed by atoms with Crippen LogP contribution in [-0.2, 0) is 14.3 Å². The lowest BCUT2D eigenvalue weighted by atomic mass is 10.1. The normalized spacial score (nSPS) is 19.7. The summed E-state index contributed by atoms with van der Waals surface area (Å²) in [6.07, 6.45) is 2.08. The van der Waals surface area contributed by atoms with Gasteiger partial charge in [0.25, 0.3) is 0 Å². The van der Waals surface area contributed by atoms with Crippen LogP contribution in [0.3, 0.4) is 0 Å². The van der Waals surface area contributed by atoms with E-state index in [1.165, 1.54) is 6.92 Å². The Kier molecular flexibility index (Phi) is 5.14. The van der Waals surface area contributed by atoms with Crippen LogP contribution in [0.5, 0.6) is 0 Å². The summed E-state index contributed by atoms with van der Waals surface area (Å²) in [6, 6.07) is 0. The second kappa shape index (κ2) is 6.18. The van der Waals surface area contributed by atoms with E-state index in [2.05, 4.69) is 5.32 Å². The largest absolute Gasteiger partial charge is 0.376 e. The van der Waals surface area contributed by atoms with Gasteiger partial charge in [-0.2, -0.15) is 0 Å². The molecule has 0 aromatic heterocycles. The topological polar surface area (TPSA) is 58.6 Å². The first kappa shape index (κ1) is 15.0. The standard InChI is InChI=1S/C13H24N2O3/c1-10(16)15(8-11-6-5-7-18-11)9-12(17)14-13(2,3)4/h11H,5-9H2,1-4H3,(H,14,17). The maximum Gasteiger partial charge on any atom is 0.240 e. The summed E-state index contributed by atoms with van der Waals surface area (Å²) in [4.78, 5) is 24.9. The molecule has 5 heteroatoms. The molecule has 0 spiro atoms. The van der Waals surface area contributed by atoms with Crippen molar-refractivity contribution in [3.63, 3.8) is 0 Å². The van der Waals surface area contributed by atoms with E-state index in [4.69, 9.17) is 4.74 Å². The smallest absolute Gasteiger partial charge is 0.240 e. The molecular formula is C13H24N2O3. The van der Waals surface area contributed by atoms with Crippen molar-refractivity contribution in [1.82, 2.24) is 10.2 Å². The number of carbonyl (C=O) groups excluding carboxylic acids is 2. The molecule has 0 aliphatic carbocycles. The Hall–Kier alpha value is -1.10. The van der Waals surface area contributed by atoms with Crippen molar-refractivity contribution in [2.75, 3.05) is 19.7 Å². The number of carbonyl (C=O) groups is 2. The van der Waals surface area contributed by atoms with Crippen molar-refractivity contribution in [3.05, 3.63) is 0 Å². The summed E-state index contributed by atoms with van der Waals surface area (Å²) in [6.45, 7) is 8.61. The molecule has 0 bridgehead atoms. The highest BCUT2D eigenvalue weighted by atomic mass is 16.5. The van der Waals surface area contributed by atoms with Crippen molar-refractivity contribution in [3.8, 4) is 0 Å². The fourth-order valence-corrected chi connectivity index (χ4v) is 1.97. The quantitative estimate of drug-likeness (QED) is 0.814. The van der Waals surface area contributed by atoms with Crippen LogP contribution >= 0.6 is 0 Å². The monoisotopic (exact) mass is 256 g/mol. The van der Waals surface area contributed by atoms with Gasteiger partial charge in [-0.15, -0.1) is 0 Å². The Balaban J connectivity index is 2.46. The predicted octanol–water partition coefficient (Wildman–Crippen LogP) is 0.929. The Labute approximate surface area is 109 Å². The summed E-state index contributed by atoms with van der Waals surface area (Å²) in [5, 5.41) is 2.86. The third-order valence-electron chi connectivity index (χ3n) is 2.74. The Morgan fingerprint density at radius 3 is 2.50 bits per heavy atom. The van der Waals surface area contributed by atoms with Crippen molar-refractivity contribution in [2.45, 2.75) is 52.2 Å². The average Bonchev–Trinajstić information content (AvgIpc) is 2.66. The van der Waals surface area contributed by atoms with Gasteiger partial charge in [0.05, 0.1) is 12.6 Å². The van der Waals surface area contributed by atoms with Gasteiger partial charge < -0.3 is 15.0 Å². The molecule has 0 aromatic carbocycles. The highest BCUT2D eigenvalue weighted by Gasteiger charge is 2.23. The molecule has 0 radical (unpaired) electrons. The zero-order valence-electron chi connectivity index (χ0n) is 11.8. The maximum atomic E-state index is 11.8. The number of nitrogens with one attached hydrogen (secondary N) is 1. The molecule has 1 N–H and O–H groups in total. The van der Waals surface area contributed by atoms with E-state index in [0.717, 1.165) is 19.4 Å². The van der Waals surface area contributed by atoms with Crippen LogP contribution in [-0.4, -0.2) is 48.1 Å². The van der Waals surface area contributed by atoms with Gasteiger partial charge in [-0.3, -0.25) is 9.59 Å². The van der Waals surface area contributed by atoms with Crippen molar-refractivity contribution < 1.29 is 14.3 Å². The number of amides is 2. The fraction of sp³-hybridized carbons (Fsp3) is 0.846. The van der Waals surface area contributed by atoms with E-state index < -0.39 is 0 Å². The van der Waals surface area contributed by atoms with Crippen LogP contribution in [0.15, 0.2) is 0 Å². The van der Waals surface area contributed by atoms with Gasteiger partial charge in [0.15, 0.2) is 0 Å². The lowest BCUT2D eigenvalue weighted by molar-refractivity contribution is -0.136. The van der Waals surface area contributed by atoms with Gasteiger partial charge in [-0.05, 0) is 33.6 Å². The van der Waals surface area contributed by atoms with Crippen LogP contribution in [0, 0.1) is 0 Å². The first-order valence-corrected chi connectivity index (χ1v) is 6.46. The van der Waals surface area contributed by atoms with Crippen molar-refractivity contribution >= 4 is 11.8 Å². The molecule has 5 nitrogen and oxygen atoms in total. The van der Waals surface area contributed by atoms with Crippen molar-refractivity contribution in [2.24, 2.45) is 0 Å². The zero-order chi connectivity index (χ0) is 13.8. The predicted molar refractivity (Wildman–Crippen MR) is 69.1 cm³/mol. The summed E-state index contributed by atoms with van der Waals surface area (Å²) < 4.78 is 5.49. The van der Waals surface area contributed by atoms with Gasteiger partial charge in [-0.25, -0.2) is 0 Å². The summed E-state index contributed by atoms with van der Waals surface area (Å²) >= 11 is 0. The minimum absolute atomic E-state index is 0.0799. The lowest BCUT2D eigenvalue weighted by Gasteiger charge is -2.26. The molecule has 1 heterocycles. The van der Waals surface area contributed by atoms with E-state index in [1.807, 2.05) is 20.8 Å². The minimum atomic E-state index is -0.274. The third kappa shape index (κ3) is 5.49. The molecule has 104 valence electrons. The number of hydrogen-bond donors (Lipinski definition) is 1. The van der Waals surface area contributed by atoms with Crippen LogP contribution in [0.4, 0.5) is 0 Å². The Bertz CT molecular complexity index is 304. The van der Waals surface area contributed by atoms with Crippen LogP contribution in [0.25, 0.3) is 0 Å². The molecule has 1 fully saturated rings. The van der Waals surface area contributed by atoms with Gasteiger partial charge in [0.1, 0.15) is 0 Å². The molecule has 0 saturated carbocycles. The highest BCUT2D eigenvalue weighted by molar-refractivity contribution is 5.84. The summed E-state index contributed by atoms with van der Waals surface area (Å²) in [7, 11) is 0. The molecule has 1 atom stereocenters. The summed E-state index contributed by atoms with van der Waals surface area (Å²) in [5.41, 5.74) is -0.274. The molecular weight excluding hydrogens is 232 g/mol. The van der Waals surface area contributed by atoms with Crippen molar-refractivity contribution in [1.29, 1.82) is 0 Å². The van der Waals surface area contributed by atoms with Gasteiger partial charge >= 0.3 is 0 Å². The number of rotatable bonds is 4. The molecule has 18 heavy (non-hydrogen) atoms. The van der Waals surface area contributed by atoms with Crippen LogP contribution in [0.1, 0.15) is 40.5 Å². The molecule has 2 amide bonds. The number of ether oxygens (including phenoxy) is 1. The lowest BCUT2D eigenvalue weighted by Crippen LogP contribution is -2.48. The van der Waals surface area contributed by atoms with Gasteiger partial charge in [-0.1, -0.05) is 0 Å². The maximum absolute atomic E-state index is 11.8. The van der Waals surface area contributed by atoms with Crippen LogP contribution < -0.4 is 5.32 Å². The summed E-state index contributed by atoms with van der Waals surface area (Å²) in [5.74, 6) is -0.217. The molecule has 1 rings (SSSR count). The third-order valence-corrected chi connectivity index (χ3v) is 2.74. The van der Waals surface area contributed by atoms with E-state index >= 15 is 0 Å². The second-order valence-electron chi connectivity index (χ2n) is 5.83. The SMILES string of the molecule is CC(=O)N(CC(=O)NC(C)(C)C)CC1CCCO1. The first-order valence-electron chi connectivity index (χ1n) is 6.46. The van der Waals surface area contributed by atoms with E-state index in [9.17, 15) is 9.59 Å². The van der Waals surface area contributed by atoms with E-state index in [1.54, 1.807) is 4.90 Å².